The van der Waals surface area contributed by atoms with Crippen LogP contribution in [0.2, 0.25) is 0 Å². The fourth-order valence-electron chi connectivity index (χ4n) is 3.48. The van der Waals surface area contributed by atoms with Gasteiger partial charge in [-0.15, -0.1) is 0 Å². The minimum absolute atomic E-state index is 0.0567. The summed E-state index contributed by atoms with van der Waals surface area (Å²) in [5, 5.41) is 7.45. The number of anilines is 1. The van der Waals surface area contributed by atoms with Gasteiger partial charge in [0, 0.05) is 31.2 Å². The largest absolute Gasteiger partial charge is 0.378 e. The third kappa shape index (κ3) is 5.75. The number of aromatic nitrogens is 1. The van der Waals surface area contributed by atoms with E-state index in [2.05, 4.69) is 29.2 Å². The van der Waals surface area contributed by atoms with E-state index in [1.807, 2.05) is 49.1 Å². The number of ether oxygens (including phenoxy) is 1. The normalized spacial score (nSPS) is 14.4. The van der Waals surface area contributed by atoms with E-state index in [-0.39, 0.29) is 12.1 Å². The van der Waals surface area contributed by atoms with Crippen LogP contribution in [0.5, 0.6) is 0 Å². The van der Waals surface area contributed by atoms with E-state index < -0.39 is 0 Å². The van der Waals surface area contributed by atoms with Crippen molar-refractivity contribution in [3.05, 3.63) is 35.9 Å². The van der Waals surface area contributed by atoms with Gasteiger partial charge in [0.25, 0.3) is 0 Å². The highest BCUT2D eigenvalue weighted by atomic mass is 16.5. The van der Waals surface area contributed by atoms with Crippen LogP contribution in [0.3, 0.4) is 0 Å². The lowest BCUT2D eigenvalue weighted by molar-refractivity contribution is 0.120. The van der Waals surface area contributed by atoms with E-state index >= 15 is 0 Å². The molecule has 0 radical (unpaired) electrons. The lowest BCUT2D eigenvalue weighted by Crippen LogP contribution is -2.43. The molecule has 0 saturated carbocycles. The van der Waals surface area contributed by atoms with Gasteiger partial charge in [0.1, 0.15) is 5.69 Å². The molecule has 7 heteroatoms. The molecule has 1 N–H and O–H groups in total. The Kier molecular flexibility index (Phi) is 7.74. The number of benzene rings is 1. The molecule has 0 spiro atoms. The zero-order chi connectivity index (χ0) is 21.5. The summed E-state index contributed by atoms with van der Waals surface area (Å²) < 4.78 is 11.3. The average molecular weight is 415 g/mol. The number of hydrogen-bond acceptors (Lipinski definition) is 5. The number of carbonyl (C=O) groups is 1. The van der Waals surface area contributed by atoms with Gasteiger partial charge in [-0.25, -0.2) is 4.79 Å². The number of morpholine rings is 1. The predicted octanol–water partition coefficient (Wildman–Crippen LogP) is 4.14. The van der Waals surface area contributed by atoms with E-state index in [4.69, 9.17) is 9.26 Å². The van der Waals surface area contributed by atoms with E-state index in [1.165, 1.54) is 0 Å². The topological polar surface area (TPSA) is 70.8 Å². The van der Waals surface area contributed by atoms with Gasteiger partial charge in [-0.2, -0.15) is 0 Å². The van der Waals surface area contributed by atoms with Crippen LogP contribution in [0.1, 0.15) is 39.7 Å². The van der Waals surface area contributed by atoms with Crippen LogP contribution in [0.4, 0.5) is 10.7 Å². The maximum absolute atomic E-state index is 13.0. The molecule has 1 aromatic heterocycles. The van der Waals surface area contributed by atoms with Crippen LogP contribution in [0.25, 0.3) is 11.3 Å². The van der Waals surface area contributed by atoms with Crippen molar-refractivity contribution in [1.82, 2.24) is 15.4 Å². The molecular weight excluding hydrogens is 380 g/mol. The molecule has 2 heterocycles. The molecule has 0 aliphatic carbocycles. The molecule has 1 aliphatic rings. The molecular formula is C23H34N4O3. The SMILES string of the molecule is CC(C)CCN(Cc1c(-c2ccccc2)noc1N1CCOCC1)C(=O)NC(C)C. The smallest absolute Gasteiger partial charge is 0.317 e. The summed E-state index contributed by atoms with van der Waals surface area (Å²) in [7, 11) is 0. The monoisotopic (exact) mass is 414 g/mol. The minimum atomic E-state index is -0.0567. The number of nitrogens with zero attached hydrogens (tertiary/aromatic N) is 3. The number of urea groups is 1. The number of nitrogens with one attached hydrogen (secondary N) is 1. The Balaban J connectivity index is 1.94. The Hall–Kier alpha value is -2.54. The number of carbonyl (C=O) groups excluding carboxylic acids is 1. The molecule has 2 amide bonds. The fraction of sp³-hybridized carbons (Fsp3) is 0.565. The van der Waals surface area contributed by atoms with E-state index in [0.29, 0.717) is 32.2 Å². The molecule has 1 saturated heterocycles. The molecule has 30 heavy (non-hydrogen) atoms. The molecule has 0 bridgehead atoms. The molecule has 7 nitrogen and oxygen atoms in total. The first kappa shape index (κ1) is 22.2. The Labute approximate surface area is 179 Å². The van der Waals surface area contributed by atoms with Crippen molar-refractivity contribution in [2.45, 2.75) is 46.7 Å². The van der Waals surface area contributed by atoms with Crippen molar-refractivity contribution < 1.29 is 14.1 Å². The van der Waals surface area contributed by atoms with E-state index in [9.17, 15) is 4.79 Å². The highest BCUT2D eigenvalue weighted by Gasteiger charge is 2.27. The van der Waals surface area contributed by atoms with Gasteiger partial charge in [-0.1, -0.05) is 49.3 Å². The summed E-state index contributed by atoms with van der Waals surface area (Å²) >= 11 is 0. The zero-order valence-electron chi connectivity index (χ0n) is 18.6. The lowest BCUT2D eigenvalue weighted by atomic mass is 10.1. The van der Waals surface area contributed by atoms with Crippen LogP contribution in [-0.4, -0.2) is 55.0 Å². The van der Waals surface area contributed by atoms with Gasteiger partial charge < -0.3 is 24.4 Å². The van der Waals surface area contributed by atoms with Crippen LogP contribution in [0.15, 0.2) is 34.9 Å². The van der Waals surface area contributed by atoms with E-state index in [0.717, 1.165) is 42.2 Å². The van der Waals surface area contributed by atoms with Gasteiger partial charge in [0.2, 0.25) is 5.88 Å². The molecule has 3 rings (SSSR count). The third-order valence-electron chi connectivity index (χ3n) is 5.14. The maximum Gasteiger partial charge on any atom is 0.317 e. The highest BCUT2D eigenvalue weighted by Crippen LogP contribution is 2.33. The molecule has 1 aromatic carbocycles. The zero-order valence-corrected chi connectivity index (χ0v) is 18.6. The quantitative estimate of drug-likeness (QED) is 0.703. The Morgan fingerprint density at radius 2 is 1.87 bits per heavy atom. The maximum atomic E-state index is 13.0. The Bertz CT molecular complexity index is 798. The van der Waals surface area contributed by atoms with Gasteiger partial charge in [0.05, 0.1) is 25.3 Å². The summed E-state index contributed by atoms with van der Waals surface area (Å²) in [6.45, 7) is 12.3. The molecule has 1 aliphatic heterocycles. The number of amides is 2. The van der Waals surface area contributed by atoms with Crippen LogP contribution >= 0.6 is 0 Å². The second-order valence-corrected chi connectivity index (χ2v) is 8.49. The second kappa shape index (κ2) is 10.5. The van der Waals surface area contributed by atoms with Crippen molar-refractivity contribution in [2.75, 3.05) is 37.7 Å². The van der Waals surface area contributed by atoms with Gasteiger partial charge >= 0.3 is 6.03 Å². The molecule has 0 unspecified atom stereocenters. The van der Waals surface area contributed by atoms with Gasteiger partial charge in [-0.05, 0) is 26.2 Å². The molecule has 0 atom stereocenters. The molecule has 1 fully saturated rings. The first-order valence-corrected chi connectivity index (χ1v) is 10.9. The standard InChI is InChI=1S/C23H34N4O3/c1-17(2)10-11-27(23(28)24-18(3)4)16-20-21(19-8-6-5-7-9-19)25-30-22(20)26-12-14-29-15-13-26/h5-9,17-18H,10-16H2,1-4H3,(H,24,28). The van der Waals surface area contributed by atoms with Gasteiger partial charge in [0.15, 0.2) is 0 Å². The summed E-state index contributed by atoms with van der Waals surface area (Å²) in [5.41, 5.74) is 2.73. The minimum Gasteiger partial charge on any atom is -0.378 e. The Morgan fingerprint density at radius 1 is 1.17 bits per heavy atom. The van der Waals surface area contributed by atoms with E-state index in [1.54, 1.807) is 0 Å². The van der Waals surface area contributed by atoms with Crippen molar-refractivity contribution in [1.29, 1.82) is 0 Å². The molecule has 164 valence electrons. The summed E-state index contributed by atoms with van der Waals surface area (Å²) in [6, 6.07) is 10.0. The number of hydrogen-bond donors (Lipinski definition) is 1. The molecule has 2 aromatic rings. The number of rotatable bonds is 8. The second-order valence-electron chi connectivity index (χ2n) is 8.49. The lowest BCUT2D eigenvalue weighted by Gasteiger charge is -2.29. The summed E-state index contributed by atoms with van der Waals surface area (Å²) in [4.78, 5) is 17.0. The van der Waals surface area contributed by atoms with Gasteiger partial charge in [-0.3, -0.25) is 0 Å². The first-order valence-electron chi connectivity index (χ1n) is 10.9. The van der Waals surface area contributed by atoms with Crippen LogP contribution in [-0.2, 0) is 11.3 Å². The van der Waals surface area contributed by atoms with Crippen LogP contribution in [0, 0.1) is 5.92 Å². The summed E-state index contributed by atoms with van der Waals surface area (Å²) in [6.07, 6.45) is 0.935. The average Bonchev–Trinajstić information content (AvgIpc) is 3.15. The first-order chi connectivity index (χ1) is 14.5. The summed E-state index contributed by atoms with van der Waals surface area (Å²) in [5.74, 6) is 1.25. The predicted molar refractivity (Wildman–Crippen MR) is 119 cm³/mol. The highest BCUT2D eigenvalue weighted by molar-refractivity contribution is 5.76. The van der Waals surface area contributed by atoms with Crippen molar-refractivity contribution in [3.8, 4) is 11.3 Å². The third-order valence-corrected chi connectivity index (χ3v) is 5.14. The van der Waals surface area contributed by atoms with Crippen LogP contribution < -0.4 is 10.2 Å². The Morgan fingerprint density at radius 3 is 2.50 bits per heavy atom. The van der Waals surface area contributed by atoms with Crippen molar-refractivity contribution >= 4 is 11.9 Å². The van der Waals surface area contributed by atoms with Crippen molar-refractivity contribution in [3.63, 3.8) is 0 Å². The fourth-order valence-corrected chi connectivity index (χ4v) is 3.48. The van der Waals surface area contributed by atoms with Crippen molar-refractivity contribution in [2.24, 2.45) is 5.92 Å².